The zero-order valence-corrected chi connectivity index (χ0v) is 21.6. The van der Waals surface area contributed by atoms with Gasteiger partial charge in [0.2, 0.25) is 15.9 Å². The van der Waals surface area contributed by atoms with Gasteiger partial charge in [0.1, 0.15) is 5.82 Å². The number of rotatable bonds is 10. The molecule has 1 aliphatic heterocycles. The highest BCUT2D eigenvalue weighted by atomic mass is 32.2. The summed E-state index contributed by atoms with van der Waals surface area (Å²) in [6, 6.07) is 5.62. The number of likely N-dealkylation sites (tertiary alicyclic amines) is 1. The number of sulfonamides is 1. The monoisotopic (exact) mass is 477 g/mol. The summed E-state index contributed by atoms with van der Waals surface area (Å²) in [5, 5.41) is 0. The molecule has 2 heterocycles. The largest absolute Gasteiger partial charge is 0.341 e. The van der Waals surface area contributed by atoms with Crippen molar-refractivity contribution in [2.75, 3.05) is 40.3 Å². The van der Waals surface area contributed by atoms with Gasteiger partial charge >= 0.3 is 0 Å². The molecule has 0 radical (unpaired) electrons. The Morgan fingerprint density at radius 1 is 1.18 bits per heavy atom. The molecule has 184 valence electrons. The molecule has 1 fully saturated rings. The lowest BCUT2D eigenvalue weighted by atomic mass is 10.0. The SMILES string of the molecule is CCCn1c(CCC(=O)N2CCCC(N(C)C)C2)nc2cc(S(=O)(=O)N(CC)CC)ccc21. The van der Waals surface area contributed by atoms with Gasteiger partial charge in [-0.05, 0) is 51.6 Å². The maximum absolute atomic E-state index is 13.0. The molecule has 0 spiro atoms. The Bertz CT molecular complexity index is 1060. The molecule has 0 saturated carbocycles. The van der Waals surface area contributed by atoms with Crippen molar-refractivity contribution in [3.63, 3.8) is 0 Å². The summed E-state index contributed by atoms with van der Waals surface area (Å²) in [5.41, 5.74) is 1.59. The van der Waals surface area contributed by atoms with E-state index in [0.29, 0.717) is 37.5 Å². The number of carbonyl (C=O) groups excluding carboxylic acids is 1. The second-order valence-electron chi connectivity index (χ2n) is 9.02. The molecule has 1 amide bonds. The van der Waals surface area contributed by atoms with Crippen LogP contribution in [0.5, 0.6) is 0 Å². The summed E-state index contributed by atoms with van der Waals surface area (Å²) in [7, 11) is 0.598. The van der Waals surface area contributed by atoms with Crippen molar-refractivity contribution in [3.8, 4) is 0 Å². The van der Waals surface area contributed by atoms with Crippen LogP contribution >= 0.6 is 0 Å². The van der Waals surface area contributed by atoms with Crippen LogP contribution in [-0.2, 0) is 27.8 Å². The first-order valence-electron chi connectivity index (χ1n) is 12.2. The van der Waals surface area contributed by atoms with E-state index >= 15 is 0 Å². The Balaban J connectivity index is 1.82. The molecule has 9 heteroatoms. The lowest BCUT2D eigenvalue weighted by Gasteiger charge is -2.36. The molecule has 33 heavy (non-hydrogen) atoms. The topological polar surface area (TPSA) is 78.8 Å². The number of carbonyl (C=O) groups is 1. The van der Waals surface area contributed by atoms with E-state index in [1.165, 1.54) is 4.31 Å². The van der Waals surface area contributed by atoms with Gasteiger partial charge in [0.25, 0.3) is 0 Å². The van der Waals surface area contributed by atoms with E-state index in [4.69, 9.17) is 4.98 Å². The average molecular weight is 478 g/mol. The highest BCUT2D eigenvalue weighted by molar-refractivity contribution is 7.89. The van der Waals surface area contributed by atoms with E-state index < -0.39 is 10.0 Å². The first kappa shape index (κ1) is 25.6. The van der Waals surface area contributed by atoms with Crippen molar-refractivity contribution in [2.24, 2.45) is 0 Å². The Morgan fingerprint density at radius 2 is 1.91 bits per heavy atom. The number of hydrogen-bond acceptors (Lipinski definition) is 5. The van der Waals surface area contributed by atoms with Gasteiger partial charge in [-0.3, -0.25) is 4.79 Å². The van der Waals surface area contributed by atoms with Gasteiger partial charge in [-0.2, -0.15) is 4.31 Å². The molecule has 3 rings (SSSR count). The number of likely N-dealkylation sites (N-methyl/N-ethyl adjacent to an activating group) is 1. The smallest absolute Gasteiger partial charge is 0.243 e. The second-order valence-corrected chi connectivity index (χ2v) is 11.0. The molecule has 0 aliphatic carbocycles. The highest BCUT2D eigenvalue weighted by Gasteiger charge is 2.26. The van der Waals surface area contributed by atoms with Gasteiger partial charge < -0.3 is 14.4 Å². The Labute approximate surface area is 198 Å². The standard InChI is InChI=1S/C24H39N5O3S/c1-6-15-29-22-12-11-20(33(31,32)28(7-2)8-3)17-21(22)25-23(29)13-14-24(30)27-16-9-10-19(18-27)26(4)5/h11-12,17,19H,6-10,13-16,18H2,1-5H3. The second kappa shape index (κ2) is 11.0. The van der Waals surface area contributed by atoms with Gasteiger partial charge in [0, 0.05) is 51.6 Å². The van der Waals surface area contributed by atoms with Crippen LogP contribution in [0.3, 0.4) is 0 Å². The minimum atomic E-state index is -3.54. The molecule has 8 nitrogen and oxygen atoms in total. The maximum Gasteiger partial charge on any atom is 0.243 e. The van der Waals surface area contributed by atoms with Crippen molar-refractivity contribution in [1.82, 2.24) is 23.7 Å². The van der Waals surface area contributed by atoms with E-state index in [1.54, 1.807) is 12.1 Å². The van der Waals surface area contributed by atoms with Gasteiger partial charge in [-0.25, -0.2) is 13.4 Å². The summed E-state index contributed by atoms with van der Waals surface area (Å²) in [4.78, 5) is 22.2. The molecule has 0 N–H and O–H groups in total. The first-order valence-corrected chi connectivity index (χ1v) is 13.6. The van der Waals surface area contributed by atoms with E-state index in [2.05, 4.69) is 30.5 Å². The average Bonchev–Trinajstić information content (AvgIpc) is 3.15. The van der Waals surface area contributed by atoms with Crippen molar-refractivity contribution < 1.29 is 13.2 Å². The molecular weight excluding hydrogens is 438 g/mol. The van der Waals surface area contributed by atoms with Crippen LogP contribution in [-0.4, -0.2) is 84.3 Å². The molecule has 0 bridgehead atoms. The number of nitrogens with zero attached hydrogens (tertiary/aromatic N) is 5. The minimum Gasteiger partial charge on any atom is -0.341 e. The summed E-state index contributed by atoms with van der Waals surface area (Å²) in [6.07, 6.45) is 4.06. The fraction of sp³-hybridized carbons (Fsp3) is 0.667. The zero-order valence-electron chi connectivity index (χ0n) is 20.7. The molecule has 1 unspecified atom stereocenters. The molecule has 1 aromatic carbocycles. The molecule has 1 aliphatic rings. The highest BCUT2D eigenvalue weighted by Crippen LogP contribution is 2.24. The summed E-state index contributed by atoms with van der Waals surface area (Å²) in [5.74, 6) is 1.01. The number of hydrogen-bond donors (Lipinski definition) is 0. The van der Waals surface area contributed by atoms with Crippen molar-refractivity contribution in [2.45, 2.75) is 70.4 Å². The summed E-state index contributed by atoms with van der Waals surface area (Å²) in [6.45, 7) is 9.04. The Morgan fingerprint density at radius 3 is 2.55 bits per heavy atom. The number of aromatic nitrogens is 2. The Kier molecular flexibility index (Phi) is 8.53. The van der Waals surface area contributed by atoms with Crippen LogP contribution in [0, 0.1) is 0 Å². The number of aryl methyl sites for hydroxylation is 2. The number of amides is 1. The first-order chi connectivity index (χ1) is 15.7. The Hall–Kier alpha value is -1.97. The van der Waals surface area contributed by atoms with Crippen LogP contribution in [0.2, 0.25) is 0 Å². The normalized spacial score (nSPS) is 17.4. The third kappa shape index (κ3) is 5.58. The van der Waals surface area contributed by atoms with E-state index in [1.807, 2.05) is 24.8 Å². The summed E-state index contributed by atoms with van der Waals surface area (Å²) < 4.78 is 29.5. The van der Waals surface area contributed by atoms with Crippen LogP contribution < -0.4 is 0 Å². The van der Waals surface area contributed by atoms with Crippen molar-refractivity contribution in [1.29, 1.82) is 0 Å². The predicted molar refractivity (Wildman–Crippen MR) is 132 cm³/mol. The van der Waals surface area contributed by atoms with Gasteiger partial charge in [0.05, 0.1) is 15.9 Å². The van der Waals surface area contributed by atoms with Crippen molar-refractivity contribution in [3.05, 3.63) is 24.0 Å². The van der Waals surface area contributed by atoms with Crippen LogP contribution in [0.1, 0.15) is 52.3 Å². The molecule has 1 atom stereocenters. The molecule has 2 aromatic rings. The predicted octanol–water partition coefficient (Wildman–Crippen LogP) is 2.96. The number of piperidine rings is 1. The molecular formula is C24H39N5O3S. The van der Waals surface area contributed by atoms with Crippen LogP contribution in [0.4, 0.5) is 0 Å². The van der Waals surface area contributed by atoms with Gasteiger partial charge in [-0.1, -0.05) is 20.8 Å². The zero-order chi connectivity index (χ0) is 24.2. The third-order valence-corrected chi connectivity index (χ3v) is 8.68. The lowest BCUT2D eigenvalue weighted by Crippen LogP contribution is -2.47. The summed E-state index contributed by atoms with van der Waals surface area (Å²) >= 11 is 0. The molecule has 1 saturated heterocycles. The quantitative estimate of drug-likeness (QED) is 0.526. The van der Waals surface area contributed by atoms with E-state index in [0.717, 1.165) is 50.2 Å². The fourth-order valence-electron chi connectivity index (χ4n) is 4.68. The minimum absolute atomic E-state index is 0.168. The number of benzene rings is 1. The number of imidazole rings is 1. The third-order valence-electron chi connectivity index (χ3n) is 6.63. The van der Waals surface area contributed by atoms with E-state index in [9.17, 15) is 13.2 Å². The van der Waals surface area contributed by atoms with Crippen LogP contribution in [0.15, 0.2) is 23.1 Å². The van der Waals surface area contributed by atoms with E-state index in [-0.39, 0.29) is 10.8 Å². The maximum atomic E-state index is 13.0. The van der Waals surface area contributed by atoms with Crippen LogP contribution in [0.25, 0.3) is 11.0 Å². The molecule has 1 aromatic heterocycles. The number of fused-ring (bicyclic) bond motifs is 1. The van der Waals surface area contributed by atoms with Gasteiger partial charge in [0.15, 0.2) is 0 Å². The lowest BCUT2D eigenvalue weighted by molar-refractivity contribution is -0.133. The van der Waals surface area contributed by atoms with Crippen molar-refractivity contribution >= 4 is 27.0 Å². The van der Waals surface area contributed by atoms with Gasteiger partial charge in [-0.15, -0.1) is 0 Å². The fourth-order valence-corrected chi connectivity index (χ4v) is 6.15.